The molecule has 0 spiro atoms. The average molecular weight is 275 g/mol. The van der Waals surface area contributed by atoms with Crippen LogP contribution in [0.1, 0.15) is 64.0 Å². The van der Waals surface area contributed by atoms with E-state index in [0.29, 0.717) is 5.92 Å². The molecule has 0 aliphatic heterocycles. The number of nitrogens with one attached hydrogen (secondary N) is 1. The van der Waals surface area contributed by atoms with Gasteiger partial charge in [-0.1, -0.05) is 70.4 Å². The third-order valence-electron chi connectivity index (χ3n) is 3.83. The van der Waals surface area contributed by atoms with Crippen LogP contribution in [0.3, 0.4) is 0 Å². The van der Waals surface area contributed by atoms with E-state index in [1.807, 2.05) is 0 Å². The van der Waals surface area contributed by atoms with Crippen molar-refractivity contribution >= 4 is 0 Å². The highest BCUT2D eigenvalue weighted by molar-refractivity contribution is 5.24. The first-order chi connectivity index (χ1) is 9.49. The molecule has 0 radical (unpaired) electrons. The van der Waals surface area contributed by atoms with E-state index in [0.717, 1.165) is 24.9 Å². The summed E-state index contributed by atoms with van der Waals surface area (Å²) >= 11 is 0. The fourth-order valence-corrected chi connectivity index (χ4v) is 2.54. The van der Waals surface area contributed by atoms with Gasteiger partial charge in [-0.15, -0.1) is 0 Å². The van der Waals surface area contributed by atoms with Gasteiger partial charge >= 0.3 is 0 Å². The van der Waals surface area contributed by atoms with Crippen LogP contribution in [-0.4, -0.2) is 13.1 Å². The van der Waals surface area contributed by atoms with Crippen molar-refractivity contribution < 1.29 is 0 Å². The molecule has 0 saturated heterocycles. The molecule has 0 aromatic heterocycles. The summed E-state index contributed by atoms with van der Waals surface area (Å²) in [4.78, 5) is 0. The predicted molar refractivity (Wildman–Crippen MR) is 90.3 cm³/mol. The van der Waals surface area contributed by atoms with Gasteiger partial charge in [-0.05, 0) is 43.2 Å². The molecule has 1 unspecified atom stereocenters. The fraction of sp³-hybridized carbons (Fsp3) is 0.684. The Bertz CT molecular complexity index is 337. The molecule has 0 saturated carbocycles. The van der Waals surface area contributed by atoms with Crippen LogP contribution in [0, 0.1) is 18.8 Å². The first-order valence-electron chi connectivity index (χ1n) is 8.26. The molecule has 0 bridgehead atoms. The zero-order chi connectivity index (χ0) is 15.0. The maximum Gasteiger partial charge on any atom is 0.00202 e. The van der Waals surface area contributed by atoms with Crippen LogP contribution in [0.25, 0.3) is 0 Å². The first kappa shape index (κ1) is 17.2. The van der Waals surface area contributed by atoms with Gasteiger partial charge < -0.3 is 5.32 Å². The van der Waals surface area contributed by atoms with Crippen LogP contribution >= 0.6 is 0 Å². The lowest BCUT2D eigenvalue weighted by molar-refractivity contribution is 0.463. The molecule has 1 aromatic carbocycles. The molecule has 1 atom stereocenters. The average Bonchev–Trinajstić information content (AvgIpc) is 2.37. The van der Waals surface area contributed by atoms with E-state index in [1.165, 1.54) is 30.4 Å². The SMILES string of the molecule is Cc1ccc(C(CCCC(C)C)CNCC(C)C)cc1. The van der Waals surface area contributed by atoms with Crippen molar-refractivity contribution in [2.45, 2.75) is 59.8 Å². The minimum absolute atomic E-state index is 0.660. The molecule has 0 fully saturated rings. The lowest BCUT2D eigenvalue weighted by atomic mass is 9.91. The summed E-state index contributed by atoms with van der Waals surface area (Å²) < 4.78 is 0. The standard InChI is InChI=1S/C19H33N/c1-15(2)7-6-8-19(14-20-13-16(3)4)18-11-9-17(5)10-12-18/h9-12,15-16,19-20H,6-8,13-14H2,1-5H3. The van der Waals surface area contributed by atoms with E-state index in [2.05, 4.69) is 64.2 Å². The lowest BCUT2D eigenvalue weighted by Gasteiger charge is -2.20. The van der Waals surface area contributed by atoms with Gasteiger partial charge in [0.1, 0.15) is 0 Å². The van der Waals surface area contributed by atoms with E-state index in [1.54, 1.807) is 0 Å². The Labute approximate surface area is 126 Å². The Hall–Kier alpha value is -0.820. The lowest BCUT2D eigenvalue weighted by Crippen LogP contribution is -2.25. The zero-order valence-corrected chi connectivity index (χ0v) is 14.1. The molecule has 0 aliphatic carbocycles. The molecule has 20 heavy (non-hydrogen) atoms. The summed E-state index contributed by atoms with van der Waals surface area (Å²) in [5.74, 6) is 2.20. The quantitative estimate of drug-likeness (QED) is 0.657. The largest absolute Gasteiger partial charge is 0.316 e. The summed E-state index contributed by atoms with van der Waals surface area (Å²) in [5.41, 5.74) is 2.85. The van der Waals surface area contributed by atoms with Crippen LogP contribution in [0.15, 0.2) is 24.3 Å². The Morgan fingerprint density at radius 1 is 0.850 bits per heavy atom. The smallest absolute Gasteiger partial charge is 0.00202 e. The maximum absolute atomic E-state index is 3.64. The molecule has 1 nitrogen and oxygen atoms in total. The number of hydrogen-bond acceptors (Lipinski definition) is 1. The van der Waals surface area contributed by atoms with Crippen molar-refractivity contribution in [2.24, 2.45) is 11.8 Å². The Morgan fingerprint density at radius 2 is 1.50 bits per heavy atom. The van der Waals surface area contributed by atoms with Gasteiger partial charge in [-0.2, -0.15) is 0 Å². The highest BCUT2D eigenvalue weighted by atomic mass is 14.9. The van der Waals surface area contributed by atoms with Crippen LogP contribution in [-0.2, 0) is 0 Å². The summed E-state index contributed by atoms with van der Waals surface area (Å²) in [7, 11) is 0. The van der Waals surface area contributed by atoms with Crippen molar-refractivity contribution in [2.75, 3.05) is 13.1 Å². The fourth-order valence-electron chi connectivity index (χ4n) is 2.54. The molecular weight excluding hydrogens is 242 g/mol. The van der Waals surface area contributed by atoms with Crippen molar-refractivity contribution in [1.82, 2.24) is 5.32 Å². The van der Waals surface area contributed by atoms with Gasteiger partial charge in [0.2, 0.25) is 0 Å². The molecule has 1 N–H and O–H groups in total. The van der Waals surface area contributed by atoms with E-state index in [-0.39, 0.29) is 0 Å². The summed E-state index contributed by atoms with van der Waals surface area (Å²) in [6.45, 7) is 13.6. The van der Waals surface area contributed by atoms with E-state index < -0.39 is 0 Å². The van der Waals surface area contributed by atoms with Crippen molar-refractivity contribution in [3.63, 3.8) is 0 Å². The van der Waals surface area contributed by atoms with Gasteiger partial charge in [0, 0.05) is 6.54 Å². The van der Waals surface area contributed by atoms with Crippen LogP contribution < -0.4 is 5.32 Å². The molecule has 0 aliphatic rings. The van der Waals surface area contributed by atoms with Crippen molar-refractivity contribution in [3.05, 3.63) is 35.4 Å². The van der Waals surface area contributed by atoms with Gasteiger partial charge in [-0.25, -0.2) is 0 Å². The van der Waals surface area contributed by atoms with Crippen LogP contribution in [0.4, 0.5) is 0 Å². The highest BCUT2D eigenvalue weighted by Crippen LogP contribution is 2.23. The number of rotatable bonds is 9. The van der Waals surface area contributed by atoms with Crippen molar-refractivity contribution in [1.29, 1.82) is 0 Å². The minimum atomic E-state index is 0.660. The van der Waals surface area contributed by atoms with Gasteiger partial charge in [0.25, 0.3) is 0 Å². The molecule has 1 heteroatoms. The third kappa shape index (κ3) is 7.09. The Morgan fingerprint density at radius 3 is 2.05 bits per heavy atom. The zero-order valence-electron chi connectivity index (χ0n) is 14.1. The number of aryl methyl sites for hydroxylation is 1. The van der Waals surface area contributed by atoms with E-state index in [4.69, 9.17) is 0 Å². The third-order valence-corrected chi connectivity index (χ3v) is 3.83. The normalized spacial score (nSPS) is 13.2. The predicted octanol–water partition coefficient (Wildman–Crippen LogP) is 5.15. The monoisotopic (exact) mass is 275 g/mol. The second-order valence-electron chi connectivity index (χ2n) is 6.98. The number of benzene rings is 1. The molecule has 0 heterocycles. The van der Waals surface area contributed by atoms with Crippen LogP contribution in [0.2, 0.25) is 0 Å². The molecule has 1 rings (SSSR count). The maximum atomic E-state index is 3.64. The minimum Gasteiger partial charge on any atom is -0.316 e. The molecular formula is C19H33N. The molecule has 114 valence electrons. The molecule has 0 amide bonds. The van der Waals surface area contributed by atoms with Gasteiger partial charge in [0.05, 0.1) is 0 Å². The molecule has 1 aromatic rings. The Balaban J connectivity index is 2.55. The van der Waals surface area contributed by atoms with E-state index >= 15 is 0 Å². The topological polar surface area (TPSA) is 12.0 Å². The second-order valence-corrected chi connectivity index (χ2v) is 6.98. The summed E-state index contributed by atoms with van der Waals surface area (Å²) in [6.07, 6.45) is 3.97. The number of hydrogen-bond donors (Lipinski definition) is 1. The summed E-state index contributed by atoms with van der Waals surface area (Å²) in [6, 6.07) is 9.11. The summed E-state index contributed by atoms with van der Waals surface area (Å²) in [5, 5.41) is 3.64. The first-order valence-corrected chi connectivity index (χ1v) is 8.26. The van der Waals surface area contributed by atoms with Crippen LogP contribution in [0.5, 0.6) is 0 Å². The second kappa shape index (κ2) is 9.18. The van der Waals surface area contributed by atoms with Crippen molar-refractivity contribution in [3.8, 4) is 0 Å². The van der Waals surface area contributed by atoms with E-state index in [9.17, 15) is 0 Å². The highest BCUT2D eigenvalue weighted by Gasteiger charge is 2.11. The Kier molecular flexibility index (Phi) is 7.91. The van der Waals surface area contributed by atoms with Gasteiger partial charge in [-0.3, -0.25) is 0 Å². The van der Waals surface area contributed by atoms with Gasteiger partial charge in [0.15, 0.2) is 0 Å².